The smallest absolute Gasteiger partial charge is 0.308 e. The molecule has 1 aliphatic heterocycles. The van der Waals surface area contributed by atoms with Gasteiger partial charge in [0.15, 0.2) is 0 Å². The lowest BCUT2D eigenvalue weighted by Crippen LogP contribution is -2.38. The summed E-state index contributed by atoms with van der Waals surface area (Å²) in [6, 6.07) is 13.4. The minimum Gasteiger partial charge on any atom is -0.308 e. The third-order valence-corrected chi connectivity index (χ3v) is 6.01. The minimum absolute atomic E-state index is 0.128. The van der Waals surface area contributed by atoms with E-state index in [0.717, 1.165) is 6.42 Å². The number of halogens is 1. The number of benzene rings is 2. The van der Waals surface area contributed by atoms with E-state index < -0.39 is 16.1 Å². The summed E-state index contributed by atoms with van der Waals surface area (Å²) in [6.07, 6.45) is 1.46. The molecule has 3 rings (SSSR count). The zero-order chi connectivity index (χ0) is 17.9. The molecule has 1 fully saturated rings. The topological polar surface area (TPSA) is 78.5 Å². The van der Waals surface area contributed by atoms with E-state index in [2.05, 4.69) is 10.6 Å². The van der Waals surface area contributed by atoms with E-state index in [1.807, 2.05) is 18.2 Å². The molecular formula is C17H18ClN3O3S. The fraction of sp³-hybridized carbons (Fsp3) is 0.235. The summed E-state index contributed by atoms with van der Waals surface area (Å²) in [7, 11) is -3.33. The van der Waals surface area contributed by atoms with Crippen LogP contribution >= 0.6 is 11.6 Å². The van der Waals surface area contributed by atoms with Crippen molar-refractivity contribution in [2.45, 2.75) is 12.8 Å². The Balaban J connectivity index is 1.72. The van der Waals surface area contributed by atoms with Gasteiger partial charge in [-0.1, -0.05) is 29.8 Å². The average molecular weight is 380 g/mol. The van der Waals surface area contributed by atoms with Gasteiger partial charge in [0, 0.05) is 17.9 Å². The molecule has 6 nitrogen and oxygen atoms in total. The van der Waals surface area contributed by atoms with E-state index in [1.165, 1.54) is 4.31 Å². The zero-order valence-corrected chi connectivity index (χ0v) is 15.0. The number of rotatable bonds is 3. The molecule has 0 aromatic heterocycles. The molecule has 132 valence electrons. The predicted molar refractivity (Wildman–Crippen MR) is 101 cm³/mol. The van der Waals surface area contributed by atoms with Gasteiger partial charge in [-0.25, -0.2) is 13.2 Å². The minimum atomic E-state index is -3.33. The van der Waals surface area contributed by atoms with Gasteiger partial charge in [-0.15, -0.1) is 0 Å². The highest BCUT2D eigenvalue weighted by Crippen LogP contribution is 2.32. The van der Waals surface area contributed by atoms with Crippen LogP contribution in [0, 0.1) is 0 Å². The Bertz CT molecular complexity index is 872. The molecule has 0 spiro atoms. The molecule has 0 unspecified atom stereocenters. The monoisotopic (exact) mass is 379 g/mol. The van der Waals surface area contributed by atoms with Gasteiger partial charge < -0.3 is 10.6 Å². The molecule has 2 aromatic carbocycles. The van der Waals surface area contributed by atoms with Crippen molar-refractivity contribution in [2.75, 3.05) is 27.2 Å². The largest absolute Gasteiger partial charge is 0.323 e. The third kappa shape index (κ3) is 4.24. The van der Waals surface area contributed by atoms with Crippen molar-refractivity contribution in [1.29, 1.82) is 0 Å². The van der Waals surface area contributed by atoms with Gasteiger partial charge in [0.25, 0.3) is 0 Å². The second kappa shape index (κ2) is 7.33. The van der Waals surface area contributed by atoms with E-state index in [1.54, 1.807) is 30.3 Å². The third-order valence-electron chi connectivity index (χ3n) is 3.86. The standard InChI is InChI=1S/C17H18ClN3O3S/c18-15-12-14(20-17(22)19-13-6-2-1-3-7-13)8-9-16(15)21-10-4-5-11-25(21,23)24/h1-3,6-9,12H,4-5,10-11H2,(H2,19,20,22). The Morgan fingerprint density at radius 3 is 2.40 bits per heavy atom. The Morgan fingerprint density at radius 2 is 1.72 bits per heavy atom. The van der Waals surface area contributed by atoms with Crippen molar-refractivity contribution in [3.8, 4) is 0 Å². The summed E-state index contributed by atoms with van der Waals surface area (Å²) >= 11 is 6.26. The normalized spacial score (nSPS) is 16.3. The van der Waals surface area contributed by atoms with Crippen LogP contribution in [0.3, 0.4) is 0 Å². The van der Waals surface area contributed by atoms with Crippen LogP contribution in [0.2, 0.25) is 5.02 Å². The summed E-state index contributed by atoms with van der Waals surface area (Å²) in [4.78, 5) is 12.0. The first-order valence-corrected chi connectivity index (χ1v) is 9.87. The van der Waals surface area contributed by atoms with E-state index in [0.29, 0.717) is 30.0 Å². The molecular weight excluding hydrogens is 362 g/mol. The van der Waals surface area contributed by atoms with Crippen LogP contribution < -0.4 is 14.9 Å². The van der Waals surface area contributed by atoms with E-state index in [9.17, 15) is 13.2 Å². The highest BCUT2D eigenvalue weighted by Gasteiger charge is 2.27. The van der Waals surface area contributed by atoms with Crippen LogP contribution in [-0.2, 0) is 10.0 Å². The average Bonchev–Trinajstić information content (AvgIpc) is 2.56. The van der Waals surface area contributed by atoms with E-state index in [4.69, 9.17) is 11.6 Å². The van der Waals surface area contributed by atoms with Crippen molar-refractivity contribution in [1.82, 2.24) is 0 Å². The van der Waals surface area contributed by atoms with Gasteiger partial charge in [0.2, 0.25) is 10.0 Å². The van der Waals surface area contributed by atoms with Crippen molar-refractivity contribution in [2.24, 2.45) is 0 Å². The lowest BCUT2D eigenvalue weighted by atomic mass is 10.2. The number of urea groups is 1. The number of sulfonamides is 1. The van der Waals surface area contributed by atoms with Gasteiger partial charge in [0.1, 0.15) is 0 Å². The molecule has 2 aromatic rings. The lowest BCUT2D eigenvalue weighted by Gasteiger charge is -2.29. The summed E-state index contributed by atoms with van der Waals surface area (Å²) < 4.78 is 25.7. The molecule has 1 heterocycles. The first-order valence-electron chi connectivity index (χ1n) is 7.89. The highest BCUT2D eigenvalue weighted by atomic mass is 35.5. The van der Waals surface area contributed by atoms with Crippen LogP contribution in [-0.4, -0.2) is 26.7 Å². The quantitative estimate of drug-likeness (QED) is 0.848. The van der Waals surface area contributed by atoms with Crippen molar-refractivity contribution < 1.29 is 13.2 Å². The second-order valence-electron chi connectivity index (χ2n) is 5.71. The number of nitrogens with zero attached hydrogens (tertiary/aromatic N) is 1. The van der Waals surface area contributed by atoms with Gasteiger partial charge >= 0.3 is 6.03 Å². The fourth-order valence-electron chi connectivity index (χ4n) is 2.66. The van der Waals surface area contributed by atoms with E-state index >= 15 is 0 Å². The molecule has 2 N–H and O–H groups in total. The van der Waals surface area contributed by atoms with Crippen LogP contribution in [0.15, 0.2) is 48.5 Å². The Labute approximate surface area is 151 Å². The van der Waals surface area contributed by atoms with Crippen molar-refractivity contribution in [3.63, 3.8) is 0 Å². The van der Waals surface area contributed by atoms with Gasteiger partial charge in [-0.2, -0.15) is 0 Å². The summed E-state index contributed by atoms with van der Waals surface area (Å²) in [5.41, 5.74) is 1.59. The van der Waals surface area contributed by atoms with Gasteiger partial charge in [-0.05, 0) is 43.2 Å². The molecule has 0 aliphatic carbocycles. The molecule has 0 saturated carbocycles. The number of hydrogen-bond donors (Lipinski definition) is 2. The lowest BCUT2D eigenvalue weighted by molar-refractivity contribution is 0.262. The Morgan fingerprint density at radius 1 is 1.00 bits per heavy atom. The first-order chi connectivity index (χ1) is 12.0. The molecule has 0 atom stereocenters. The zero-order valence-electron chi connectivity index (χ0n) is 13.4. The van der Waals surface area contributed by atoms with Gasteiger partial charge in [0.05, 0.1) is 16.5 Å². The number of carbonyl (C=O) groups excluding carboxylic acids is 1. The van der Waals surface area contributed by atoms with Crippen LogP contribution in [0.4, 0.5) is 21.9 Å². The van der Waals surface area contributed by atoms with Gasteiger partial charge in [-0.3, -0.25) is 4.31 Å². The molecule has 0 bridgehead atoms. The maximum atomic E-state index is 12.2. The summed E-state index contributed by atoms with van der Waals surface area (Å²) in [6.45, 7) is 0.420. The van der Waals surface area contributed by atoms with Crippen molar-refractivity contribution >= 4 is 44.7 Å². The molecule has 0 radical (unpaired) electrons. The van der Waals surface area contributed by atoms with Crippen LogP contribution in [0.1, 0.15) is 12.8 Å². The van der Waals surface area contributed by atoms with Crippen LogP contribution in [0.25, 0.3) is 0 Å². The Kier molecular flexibility index (Phi) is 5.15. The second-order valence-corrected chi connectivity index (χ2v) is 8.13. The number of amides is 2. The first kappa shape index (κ1) is 17.6. The Hall–Kier alpha value is -2.25. The van der Waals surface area contributed by atoms with E-state index in [-0.39, 0.29) is 10.8 Å². The maximum absolute atomic E-state index is 12.2. The summed E-state index contributed by atoms with van der Waals surface area (Å²) in [5.74, 6) is 0.128. The predicted octanol–water partition coefficient (Wildman–Crippen LogP) is 3.91. The number of hydrogen-bond acceptors (Lipinski definition) is 3. The number of para-hydroxylation sites is 1. The molecule has 8 heteroatoms. The molecule has 1 saturated heterocycles. The van der Waals surface area contributed by atoms with Crippen molar-refractivity contribution in [3.05, 3.63) is 53.6 Å². The number of anilines is 3. The molecule has 1 aliphatic rings. The maximum Gasteiger partial charge on any atom is 0.323 e. The number of carbonyl (C=O) groups is 1. The SMILES string of the molecule is O=C(Nc1ccccc1)Nc1ccc(N2CCCCS2(=O)=O)c(Cl)c1. The highest BCUT2D eigenvalue weighted by molar-refractivity contribution is 7.92. The number of nitrogens with one attached hydrogen (secondary N) is 2. The molecule has 25 heavy (non-hydrogen) atoms. The van der Waals surface area contributed by atoms with Crippen LogP contribution in [0.5, 0.6) is 0 Å². The fourth-order valence-corrected chi connectivity index (χ4v) is 4.65. The summed E-state index contributed by atoms with van der Waals surface area (Å²) in [5, 5.41) is 5.66. The molecule has 2 amide bonds.